The predicted octanol–water partition coefficient (Wildman–Crippen LogP) is -0.915. The lowest BCUT2D eigenvalue weighted by Crippen LogP contribution is -2.47. The molecular formula is C10H17N3O2. The second-order valence-electron chi connectivity index (χ2n) is 4.26. The molecule has 0 aromatic carbocycles. The molecule has 15 heavy (non-hydrogen) atoms. The number of hydrogen-bond acceptors (Lipinski definition) is 3. The van der Waals surface area contributed by atoms with Crippen LogP contribution in [0.3, 0.4) is 0 Å². The van der Waals surface area contributed by atoms with Gasteiger partial charge in [-0.1, -0.05) is 0 Å². The van der Waals surface area contributed by atoms with E-state index in [1.807, 2.05) is 0 Å². The summed E-state index contributed by atoms with van der Waals surface area (Å²) in [7, 11) is 1.77. The zero-order valence-electron chi connectivity index (χ0n) is 8.95. The van der Waals surface area contributed by atoms with E-state index in [1.165, 1.54) is 0 Å². The number of nitrogens with one attached hydrogen (secondary N) is 2. The number of carbonyl (C=O) groups is 2. The van der Waals surface area contributed by atoms with Crippen LogP contribution >= 0.6 is 0 Å². The van der Waals surface area contributed by atoms with Crippen molar-refractivity contribution in [1.82, 2.24) is 15.5 Å². The van der Waals surface area contributed by atoms with Gasteiger partial charge in [0, 0.05) is 13.6 Å². The van der Waals surface area contributed by atoms with Crippen LogP contribution in [0.4, 0.5) is 0 Å². The van der Waals surface area contributed by atoms with Crippen molar-refractivity contribution < 1.29 is 9.59 Å². The number of rotatable bonds is 2. The van der Waals surface area contributed by atoms with Gasteiger partial charge in [0.25, 0.3) is 0 Å². The van der Waals surface area contributed by atoms with Gasteiger partial charge in [0.2, 0.25) is 11.8 Å². The Balaban J connectivity index is 1.86. The molecule has 2 saturated heterocycles. The van der Waals surface area contributed by atoms with Crippen molar-refractivity contribution in [3.8, 4) is 0 Å². The highest BCUT2D eigenvalue weighted by Gasteiger charge is 2.32. The first-order valence-corrected chi connectivity index (χ1v) is 5.47. The van der Waals surface area contributed by atoms with Gasteiger partial charge in [-0.25, -0.2) is 0 Å². The van der Waals surface area contributed by atoms with Crippen molar-refractivity contribution >= 4 is 11.8 Å². The average molecular weight is 211 g/mol. The van der Waals surface area contributed by atoms with E-state index < -0.39 is 0 Å². The molecule has 0 aromatic heterocycles. The summed E-state index contributed by atoms with van der Waals surface area (Å²) in [6.45, 7) is 1.64. The van der Waals surface area contributed by atoms with Gasteiger partial charge in [-0.15, -0.1) is 0 Å². The Labute approximate surface area is 89.2 Å². The van der Waals surface area contributed by atoms with Gasteiger partial charge in [-0.2, -0.15) is 0 Å². The van der Waals surface area contributed by atoms with E-state index in [1.54, 1.807) is 11.9 Å². The van der Waals surface area contributed by atoms with Crippen molar-refractivity contribution in [2.75, 3.05) is 20.1 Å². The Kier molecular flexibility index (Phi) is 2.90. The van der Waals surface area contributed by atoms with Crippen LogP contribution in [-0.2, 0) is 9.59 Å². The molecule has 0 aromatic rings. The third kappa shape index (κ3) is 2.12. The first kappa shape index (κ1) is 10.4. The van der Waals surface area contributed by atoms with Crippen LogP contribution in [0, 0.1) is 0 Å². The summed E-state index contributed by atoms with van der Waals surface area (Å²) in [5.74, 6) is 0.00231. The zero-order chi connectivity index (χ0) is 10.8. The van der Waals surface area contributed by atoms with Crippen molar-refractivity contribution in [3.63, 3.8) is 0 Å². The van der Waals surface area contributed by atoms with E-state index >= 15 is 0 Å². The molecule has 2 fully saturated rings. The second kappa shape index (κ2) is 4.18. The standard InChI is InChI=1S/C10H17N3O2/c1-13-6-4-8(10(13)15)12-9(14)7-3-2-5-11-7/h7-8,11H,2-6H2,1H3,(H,12,14). The summed E-state index contributed by atoms with van der Waals surface area (Å²) < 4.78 is 0. The lowest BCUT2D eigenvalue weighted by atomic mass is 10.2. The second-order valence-corrected chi connectivity index (χ2v) is 4.26. The van der Waals surface area contributed by atoms with E-state index in [-0.39, 0.29) is 23.9 Å². The third-order valence-corrected chi connectivity index (χ3v) is 3.12. The van der Waals surface area contributed by atoms with Crippen molar-refractivity contribution in [1.29, 1.82) is 0 Å². The van der Waals surface area contributed by atoms with Crippen LogP contribution in [-0.4, -0.2) is 48.9 Å². The van der Waals surface area contributed by atoms with E-state index in [2.05, 4.69) is 10.6 Å². The Morgan fingerprint density at radius 3 is 2.87 bits per heavy atom. The first-order chi connectivity index (χ1) is 7.18. The quantitative estimate of drug-likeness (QED) is 0.621. The fourth-order valence-electron chi connectivity index (χ4n) is 2.14. The molecule has 2 atom stereocenters. The molecule has 0 bridgehead atoms. The molecular weight excluding hydrogens is 194 g/mol. The normalized spacial score (nSPS) is 31.0. The largest absolute Gasteiger partial charge is 0.344 e. The number of amides is 2. The predicted molar refractivity (Wildman–Crippen MR) is 55.2 cm³/mol. The summed E-state index contributed by atoms with van der Waals surface area (Å²) in [6.07, 6.45) is 2.65. The topological polar surface area (TPSA) is 61.4 Å². The number of likely N-dealkylation sites (N-methyl/N-ethyl adjacent to an activating group) is 1. The molecule has 2 heterocycles. The van der Waals surface area contributed by atoms with E-state index in [0.29, 0.717) is 0 Å². The van der Waals surface area contributed by atoms with Gasteiger partial charge in [0.15, 0.2) is 0 Å². The van der Waals surface area contributed by atoms with Crippen LogP contribution in [0.2, 0.25) is 0 Å². The average Bonchev–Trinajstić information content (AvgIpc) is 2.83. The van der Waals surface area contributed by atoms with Crippen molar-refractivity contribution in [2.24, 2.45) is 0 Å². The van der Waals surface area contributed by atoms with Crippen LogP contribution in [0.25, 0.3) is 0 Å². The lowest BCUT2D eigenvalue weighted by molar-refractivity contribution is -0.132. The third-order valence-electron chi connectivity index (χ3n) is 3.12. The highest BCUT2D eigenvalue weighted by Crippen LogP contribution is 2.10. The van der Waals surface area contributed by atoms with Crippen LogP contribution < -0.4 is 10.6 Å². The zero-order valence-corrected chi connectivity index (χ0v) is 8.95. The van der Waals surface area contributed by atoms with Gasteiger partial charge in [-0.3, -0.25) is 9.59 Å². The van der Waals surface area contributed by atoms with Crippen molar-refractivity contribution in [3.05, 3.63) is 0 Å². The fourth-order valence-corrected chi connectivity index (χ4v) is 2.14. The monoisotopic (exact) mass is 211 g/mol. The maximum Gasteiger partial charge on any atom is 0.244 e. The Morgan fingerprint density at radius 2 is 2.33 bits per heavy atom. The maximum atomic E-state index is 11.7. The molecule has 2 aliphatic heterocycles. The SMILES string of the molecule is CN1CCC(NC(=O)C2CCCN2)C1=O. The molecule has 2 amide bonds. The molecule has 5 nitrogen and oxygen atoms in total. The fraction of sp³-hybridized carbons (Fsp3) is 0.800. The molecule has 0 spiro atoms. The van der Waals surface area contributed by atoms with Crippen molar-refractivity contribution in [2.45, 2.75) is 31.3 Å². The summed E-state index contributed by atoms with van der Waals surface area (Å²) in [6, 6.07) is -0.395. The molecule has 2 rings (SSSR count). The number of hydrogen-bond donors (Lipinski definition) is 2. The molecule has 5 heteroatoms. The maximum absolute atomic E-state index is 11.7. The smallest absolute Gasteiger partial charge is 0.244 e. The van der Waals surface area contributed by atoms with Gasteiger partial charge < -0.3 is 15.5 Å². The summed E-state index contributed by atoms with van der Waals surface area (Å²) in [5.41, 5.74) is 0. The lowest BCUT2D eigenvalue weighted by Gasteiger charge is -2.15. The molecule has 0 saturated carbocycles. The molecule has 2 unspecified atom stereocenters. The Hall–Kier alpha value is -1.10. The van der Waals surface area contributed by atoms with Gasteiger partial charge >= 0.3 is 0 Å². The summed E-state index contributed by atoms with van der Waals surface area (Å²) in [5, 5.41) is 5.93. The molecule has 0 aliphatic carbocycles. The molecule has 2 aliphatic rings. The van der Waals surface area contributed by atoms with Crippen LogP contribution in [0.5, 0.6) is 0 Å². The van der Waals surface area contributed by atoms with Crippen LogP contribution in [0.1, 0.15) is 19.3 Å². The van der Waals surface area contributed by atoms with Crippen LogP contribution in [0.15, 0.2) is 0 Å². The highest BCUT2D eigenvalue weighted by atomic mass is 16.2. The molecule has 0 radical (unpaired) electrons. The van der Waals surface area contributed by atoms with Gasteiger partial charge in [-0.05, 0) is 25.8 Å². The Bertz CT molecular complexity index is 274. The minimum atomic E-state index is -0.301. The van der Waals surface area contributed by atoms with E-state index in [9.17, 15) is 9.59 Å². The minimum Gasteiger partial charge on any atom is -0.344 e. The van der Waals surface area contributed by atoms with E-state index in [4.69, 9.17) is 0 Å². The summed E-state index contributed by atoms with van der Waals surface area (Å²) >= 11 is 0. The number of likely N-dealkylation sites (tertiary alicyclic amines) is 1. The molecule has 84 valence electrons. The minimum absolute atomic E-state index is 0.0267. The highest BCUT2D eigenvalue weighted by molar-refractivity contribution is 5.90. The number of carbonyl (C=O) groups excluding carboxylic acids is 2. The Morgan fingerprint density at radius 1 is 1.53 bits per heavy atom. The van der Waals surface area contributed by atoms with Gasteiger partial charge in [0.1, 0.15) is 6.04 Å². The van der Waals surface area contributed by atoms with Gasteiger partial charge in [0.05, 0.1) is 6.04 Å². The first-order valence-electron chi connectivity index (χ1n) is 5.47. The summed E-state index contributed by atoms with van der Waals surface area (Å²) in [4.78, 5) is 24.9. The number of nitrogens with zero attached hydrogens (tertiary/aromatic N) is 1. The molecule has 2 N–H and O–H groups in total. The van der Waals surface area contributed by atoms with E-state index in [0.717, 1.165) is 32.4 Å².